The summed E-state index contributed by atoms with van der Waals surface area (Å²) in [6.45, 7) is 6.24. The van der Waals surface area contributed by atoms with Crippen LogP contribution in [0.4, 0.5) is 0 Å². The molecule has 0 saturated carbocycles. The first-order valence-electron chi connectivity index (χ1n) is 6.27. The molecule has 0 radical (unpaired) electrons. The Kier molecular flexibility index (Phi) is 6.15. The summed E-state index contributed by atoms with van der Waals surface area (Å²) in [7, 11) is 4.08. The van der Waals surface area contributed by atoms with E-state index >= 15 is 0 Å². The molecule has 17 heavy (non-hydrogen) atoms. The molecule has 0 aromatic carbocycles. The molecule has 0 unspecified atom stereocenters. The summed E-state index contributed by atoms with van der Waals surface area (Å²) in [5.41, 5.74) is 0. The Hall–Kier alpha value is -0.940. The average molecular weight is 240 g/mol. The highest BCUT2D eigenvalue weighted by Gasteiger charge is 2.06. The maximum atomic E-state index is 5.20. The molecule has 0 fully saturated rings. The van der Waals surface area contributed by atoms with Gasteiger partial charge in [-0.2, -0.15) is 4.98 Å². The van der Waals surface area contributed by atoms with Gasteiger partial charge in [-0.05, 0) is 27.1 Å². The highest BCUT2D eigenvalue weighted by Crippen LogP contribution is 2.01. The Labute approximate surface area is 104 Å². The minimum absolute atomic E-state index is 0.535. The lowest BCUT2D eigenvalue weighted by Crippen LogP contribution is -2.23. The van der Waals surface area contributed by atoms with Crippen molar-refractivity contribution in [3.63, 3.8) is 0 Å². The van der Waals surface area contributed by atoms with Gasteiger partial charge < -0.3 is 14.7 Å². The van der Waals surface area contributed by atoms with Crippen LogP contribution >= 0.6 is 0 Å². The molecular formula is C12H24N4O. The van der Waals surface area contributed by atoms with E-state index in [1.54, 1.807) is 0 Å². The molecule has 0 amide bonds. The summed E-state index contributed by atoms with van der Waals surface area (Å²) >= 11 is 0. The van der Waals surface area contributed by atoms with Gasteiger partial charge in [0.1, 0.15) is 0 Å². The summed E-state index contributed by atoms with van der Waals surface area (Å²) in [5, 5.41) is 7.33. The number of hydrogen-bond acceptors (Lipinski definition) is 5. The van der Waals surface area contributed by atoms with Crippen LogP contribution in [0.25, 0.3) is 0 Å². The van der Waals surface area contributed by atoms with E-state index in [1.165, 1.54) is 0 Å². The molecule has 98 valence electrons. The predicted molar refractivity (Wildman–Crippen MR) is 68.0 cm³/mol. The SMILES string of the molecule is CC(C)NCCCc1nc(CCN(C)C)no1. The fourth-order valence-corrected chi connectivity index (χ4v) is 1.45. The van der Waals surface area contributed by atoms with Crippen LogP contribution in [0.15, 0.2) is 4.52 Å². The van der Waals surface area contributed by atoms with E-state index in [0.717, 1.165) is 44.1 Å². The molecule has 1 rings (SSSR count). The minimum atomic E-state index is 0.535. The zero-order valence-corrected chi connectivity index (χ0v) is 11.4. The summed E-state index contributed by atoms with van der Waals surface area (Å²) < 4.78 is 5.20. The lowest BCUT2D eigenvalue weighted by Gasteiger charge is -2.06. The molecule has 1 N–H and O–H groups in total. The number of rotatable bonds is 8. The van der Waals surface area contributed by atoms with Crippen LogP contribution in [0.5, 0.6) is 0 Å². The highest BCUT2D eigenvalue weighted by atomic mass is 16.5. The van der Waals surface area contributed by atoms with Crippen LogP contribution < -0.4 is 5.32 Å². The van der Waals surface area contributed by atoms with Crippen LogP contribution in [-0.2, 0) is 12.8 Å². The number of likely N-dealkylation sites (N-methyl/N-ethyl adjacent to an activating group) is 1. The molecule has 1 heterocycles. The van der Waals surface area contributed by atoms with Crippen molar-refractivity contribution >= 4 is 0 Å². The summed E-state index contributed by atoms with van der Waals surface area (Å²) in [5.74, 6) is 1.56. The second kappa shape index (κ2) is 7.40. The van der Waals surface area contributed by atoms with Crippen LogP contribution in [-0.4, -0.2) is 48.3 Å². The van der Waals surface area contributed by atoms with Crippen molar-refractivity contribution in [2.24, 2.45) is 0 Å². The molecular weight excluding hydrogens is 216 g/mol. The molecule has 0 atom stereocenters. The van der Waals surface area contributed by atoms with Crippen molar-refractivity contribution in [2.75, 3.05) is 27.2 Å². The minimum Gasteiger partial charge on any atom is -0.339 e. The van der Waals surface area contributed by atoms with Crippen LogP contribution in [0.3, 0.4) is 0 Å². The first-order chi connectivity index (χ1) is 8.08. The van der Waals surface area contributed by atoms with Crippen molar-refractivity contribution in [2.45, 2.75) is 39.2 Å². The smallest absolute Gasteiger partial charge is 0.226 e. The summed E-state index contributed by atoms with van der Waals surface area (Å²) in [6.07, 6.45) is 2.74. The van der Waals surface area contributed by atoms with Gasteiger partial charge in [0.05, 0.1) is 0 Å². The first-order valence-corrected chi connectivity index (χ1v) is 6.27. The summed E-state index contributed by atoms with van der Waals surface area (Å²) in [6, 6.07) is 0.535. The number of nitrogens with zero attached hydrogens (tertiary/aromatic N) is 3. The Bertz CT molecular complexity index is 309. The van der Waals surface area contributed by atoms with E-state index in [-0.39, 0.29) is 0 Å². The van der Waals surface area contributed by atoms with Gasteiger partial charge in [0.15, 0.2) is 5.82 Å². The van der Waals surface area contributed by atoms with Gasteiger partial charge >= 0.3 is 0 Å². The van der Waals surface area contributed by atoms with E-state index < -0.39 is 0 Å². The van der Waals surface area contributed by atoms with Gasteiger partial charge in [0.25, 0.3) is 0 Å². The number of nitrogens with one attached hydrogen (secondary N) is 1. The average Bonchev–Trinajstić information content (AvgIpc) is 2.69. The molecule has 1 aromatic rings. The first kappa shape index (κ1) is 14.1. The van der Waals surface area contributed by atoms with Crippen LogP contribution in [0, 0.1) is 0 Å². The zero-order chi connectivity index (χ0) is 12.7. The predicted octanol–water partition coefficient (Wildman–Crippen LogP) is 1.10. The fourth-order valence-electron chi connectivity index (χ4n) is 1.45. The van der Waals surface area contributed by atoms with Crippen LogP contribution in [0.2, 0.25) is 0 Å². The molecule has 0 aliphatic carbocycles. The van der Waals surface area contributed by atoms with Gasteiger partial charge in [-0.25, -0.2) is 0 Å². The molecule has 5 heteroatoms. The van der Waals surface area contributed by atoms with Gasteiger partial charge in [0, 0.05) is 25.4 Å². The van der Waals surface area contributed by atoms with Gasteiger partial charge in [-0.3, -0.25) is 0 Å². The monoisotopic (exact) mass is 240 g/mol. The Balaban J connectivity index is 2.21. The second-order valence-electron chi connectivity index (χ2n) is 4.87. The molecule has 0 spiro atoms. The van der Waals surface area contributed by atoms with Gasteiger partial charge in [-0.1, -0.05) is 19.0 Å². The maximum Gasteiger partial charge on any atom is 0.226 e. The third kappa shape index (κ3) is 6.38. The lowest BCUT2D eigenvalue weighted by molar-refractivity contribution is 0.362. The molecule has 0 saturated heterocycles. The number of aryl methyl sites for hydroxylation is 1. The van der Waals surface area contributed by atoms with Crippen molar-refractivity contribution in [1.29, 1.82) is 0 Å². The summed E-state index contributed by atoms with van der Waals surface area (Å²) in [4.78, 5) is 6.48. The number of aromatic nitrogens is 2. The molecule has 5 nitrogen and oxygen atoms in total. The van der Waals surface area contributed by atoms with Crippen molar-refractivity contribution in [1.82, 2.24) is 20.4 Å². The zero-order valence-electron chi connectivity index (χ0n) is 11.4. The number of hydrogen-bond donors (Lipinski definition) is 1. The van der Waals surface area contributed by atoms with E-state index in [9.17, 15) is 0 Å². The molecule has 0 aliphatic rings. The molecule has 0 bridgehead atoms. The third-order valence-electron chi connectivity index (χ3n) is 2.41. The molecule has 1 aromatic heterocycles. The van der Waals surface area contributed by atoms with Gasteiger partial charge in [-0.15, -0.1) is 0 Å². The second-order valence-corrected chi connectivity index (χ2v) is 4.87. The van der Waals surface area contributed by atoms with Crippen molar-refractivity contribution in [3.05, 3.63) is 11.7 Å². The Morgan fingerprint density at radius 2 is 2.06 bits per heavy atom. The largest absolute Gasteiger partial charge is 0.339 e. The third-order valence-corrected chi connectivity index (χ3v) is 2.41. The Morgan fingerprint density at radius 1 is 1.29 bits per heavy atom. The maximum absolute atomic E-state index is 5.20. The fraction of sp³-hybridized carbons (Fsp3) is 0.833. The Morgan fingerprint density at radius 3 is 2.71 bits per heavy atom. The van der Waals surface area contributed by atoms with E-state index in [0.29, 0.717) is 6.04 Å². The van der Waals surface area contributed by atoms with E-state index in [1.807, 2.05) is 14.1 Å². The standard InChI is InChI=1S/C12H24N4O/c1-10(2)13-8-5-6-12-14-11(15-17-12)7-9-16(3)4/h10,13H,5-9H2,1-4H3. The molecule has 0 aliphatic heterocycles. The lowest BCUT2D eigenvalue weighted by atomic mass is 10.3. The normalized spacial score (nSPS) is 11.6. The van der Waals surface area contributed by atoms with Gasteiger partial charge in [0.2, 0.25) is 5.89 Å². The highest BCUT2D eigenvalue weighted by molar-refractivity contribution is 4.87. The topological polar surface area (TPSA) is 54.2 Å². The van der Waals surface area contributed by atoms with Crippen molar-refractivity contribution < 1.29 is 4.52 Å². The van der Waals surface area contributed by atoms with E-state index in [4.69, 9.17) is 4.52 Å². The van der Waals surface area contributed by atoms with Crippen molar-refractivity contribution in [3.8, 4) is 0 Å². The van der Waals surface area contributed by atoms with Crippen LogP contribution in [0.1, 0.15) is 32.0 Å². The quantitative estimate of drug-likeness (QED) is 0.690. The van der Waals surface area contributed by atoms with E-state index in [2.05, 4.69) is 34.2 Å².